The first-order valence-corrected chi connectivity index (χ1v) is 8.15. The summed E-state index contributed by atoms with van der Waals surface area (Å²) < 4.78 is 7.19. The van der Waals surface area contributed by atoms with Crippen LogP contribution < -0.4 is 5.32 Å². The lowest BCUT2D eigenvalue weighted by Gasteiger charge is -2.36. The molecular formula is C16H24N6O. The van der Waals surface area contributed by atoms with E-state index >= 15 is 0 Å². The molecule has 124 valence electrons. The van der Waals surface area contributed by atoms with Gasteiger partial charge < -0.3 is 10.1 Å². The fourth-order valence-electron chi connectivity index (χ4n) is 2.93. The van der Waals surface area contributed by atoms with E-state index < -0.39 is 0 Å². The molecule has 0 bridgehead atoms. The van der Waals surface area contributed by atoms with E-state index in [0.29, 0.717) is 17.9 Å². The molecule has 7 heteroatoms. The van der Waals surface area contributed by atoms with Gasteiger partial charge in [0.1, 0.15) is 0 Å². The summed E-state index contributed by atoms with van der Waals surface area (Å²) in [6.07, 6.45) is 0. The lowest BCUT2D eigenvalue weighted by Crippen LogP contribution is -2.49. The van der Waals surface area contributed by atoms with Gasteiger partial charge in [0, 0.05) is 25.7 Å². The Morgan fingerprint density at radius 2 is 1.91 bits per heavy atom. The Bertz CT molecular complexity index is 594. The Balaban J connectivity index is 1.68. The van der Waals surface area contributed by atoms with Crippen molar-refractivity contribution >= 4 is 5.95 Å². The molecule has 3 rings (SSSR count). The highest BCUT2D eigenvalue weighted by molar-refractivity contribution is 5.38. The lowest BCUT2D eigenvalue weighted by molar-refractivity contribution is 0.00950. The van der Waals surface area contributed by atoms with Crippen LogP contribution in [-0.2, 0) is 4.74 Å². The van der Waals surface area contributed by atoms with Crippen molar-refractivity contribution in [3.05, 3.63) is 30.3 Å². The third-order valence-electron chi connectivity index (χ3n) is 4.22. The van der Waals surface area contributed by atoms with Gasteiger partial charge in [0.15, 0.2) is 0 Å². The van der Waals surface area contributed by atoms with Crippen LogP contribution in [0.3, 0.4) is 0 Å². The van der Waals surface area contributed by atoms with Crippen LogP contribution in [0, 0.1) is 5.92 Å². The smallest absolute Gasteiger partial charge is 0.247 e. The van der Waals surface area contributed by atoms with Crippen LogP contribution in [0.2, 0.25) is 0 Å². The van der Waals surface area contributed by atoms with Crippen LogP contribution in [0.1, 0.15) is 13.8 Å². The second-order valence-corrected chi connectivity index (χ2v) is 6.09. The van der Waals surface area contributed by atoms with Crippen LogP contribution in [0.25, 0.3) is 5.69 Å². The molecule has 7 nitrogen and oxygen atoms in total. The molecule has 1 aliphatic rings. The largest absolute Gasteiger partial charge is 0.379 e. The van der Waals surface area contributed by atoms with Gasteiger partial charge in [-0.1, -0.05) is 37.1 Å². The molecule has 1 atom stereocenters. The first-order chi connectivity index (χ1) is 11.3. The van der Waals surface area contributed by atoms with Gasteiger partial charge in [-0.05, 0) is 28.5 Å². The van der Waals surface area contributed by atoms with E-state index in [1.807, 2.05) is 30.3 Å². The van der Waals surface area contributed by atoms with Gasteiger partial charge in [0.25, 0.3) is 0 Å². The summed E-state index contributed by atoms with van der Waals surface area (Å²) >= 11 is 0. The molecule has 1 aromatic carbocycles. The van der Waals surface area contributed by atoms with E-state index in [-0.39, 0.29) is 0 Å². The maximum atomic E-state index is 5.46. The SMILES string of the molecule is CC(C)C(CNc1nnnn1-c1ccccc1)N1CCOCC1. The summed E-state index contributed by atoms with van der Waals surface area (Å²) in [5, 5.41) is 15.4. The van der Waals surface area contributed by atoms with E-state index in [0.717, 1.165) is 38.5 Å². The minimum Gasteiger partial charge on any atom is -0.379 e. The zero-order valence-electron chi connectivity index (χ0n) is 13.7. The standard InChI is InChI=1S/C16H24N6O/c1-13(2)15(21-8-10-23-11-9-21)12-17-16-18-19-20-22(16)14-6-4-3-5-7-14/h3-7,13,15H,8-12H2,1-2H3,(H,17,18,20). The van der Waals surface area contributed by atoms with Crippen LogP contribution in [-0.4, -0.2) is 64.0 Å². The summed E-state index contributed by atoms with van der Waals surface area (Å²) in [7, 11) is 0. The summed E-state index contributed by atoms with van der Waals surface area (Å²) in [6, 6.07) is 10.3. The van der Waals surface area contributed by atoms with Crippen LogP contribution in [0.15, 0.2) is 30.3 Å². The number of para-hydroxylation sites is 1. The third kappa shape index (κ3) is 3.86. The average Bonchev–Trinajstić information content (AvgIpc) is 3.05. The van der Waals surface area contributed by atoms with Crippen LogP contribution >= 0.6 is 0 Å². The number of morpholine rings is 1. The zero-order valence-corrected chi connectivity index (χ0v) is 13.7. The van der Waals surface area contributed by atoms with E-state index in [1.165, 1.54) is 0 Å². The topological polar surface area (TPSA) is 68.1 Å². The molecule has 1 fully saturated rings. The van der Waals surface area contributed by atoms with Crippen LogP contribution in [0.5, 0.6) is 0 Å². The summed E-state index contributed by atoms with van der Waals surface area (Å²) in [4.78, 5) is 2.48. The second-order valence-electron chi connectivity index (χ2n) is 6.09. The van der Waals surface area contributed by atoms with Gasteiger partial charge in [-0.2, -0.15) is 4.68 Å². The molecule has 1 unspecified atom stereocenters. The number of anilines is 1. The summed E-state index contributed by atoms with van der Waals surface area (Å²) in [6.45, 7) is 8.90. The van der Waals surface area contributed by atoms with Crippen molar-refractivity contribution < 1.29 is 4.74 Å². The first kappa shape index (κ1) is 15.9. The first-order valence-electron chi connectivity index (χ1n) is 8.15. The van der Waals surface area contributed by atoms with Crippen molar-refractivity contribution in [3.8, 4) is 5.69 Å². The number of hydrogen-bond donors (Lipinski definition) is 1. The number of hydrogen-bond acceptors (Lipinski definition) is 6. The Labute approximate surface area is 136 Å². The fourth-order valence-corrected chi connectivity index (χ4v) is 2.93. The number of benzene rings is 1. The molecule has 0 aliphatic carbocycles. The highest BCUT2D eigenvalue weighted by Gasteiger charge is 2.24. The molecule has 1 aromatic heterocycles. The maximum absolute atomic E-state index is 5.46. The Morgan fingerprint density at radius 1 is 1.17 bits per heavy atom. The van der Waals surface area contributed by atoms with Crippen molar-refractivity contribution in [1.29, 1.82) is 0 Å². The average molecular weight is 316 g/mol. The predicted molar refractivity (Wildman–Crippen MR) is 88.7 cm³/mol. The van der Waals surface area contributed by atoms with E-state index in [4.69, 9.17) is 4.74 Å². The van der Waals surface area contributed by atoms with Crippen molar-refractivity contribution in [3.63, 3.8) is 0 Å². The molecule has 1 aliphatic heterocycles. The number of nitrogens with zero attached hydrogens (tertiary/aromatic N) is 5. The van der Waals surface area contributed by atoms with Gasteiger partial charge >= 0.3 is 0 Å². The Kier molecular flexibility index (Phi) is 5.19. The van der Waals surface area contributed by atoms with Gasteiger partial charge in [0.05, 0.1) is 18.9 Å². The molecule has 2 heterocycles. The van der Waals surface area contributed by atoms with Crippen molar-refractivity contribution in [2.75, 3.05) is 38.2 Å². The molecule has 0 amide bonds. The predicted octanol–water partition coefficient (Wildman–Crippen LogP) is 1.43. The Hall–Kier alpha value is -1.99. The third-order valence-corrected chi connectivity index (χ3v) is 4.22. The summed E-state index contributed by atoms with van der Waals surface area (Å²) in [5.74, 6) is 1.22. The number of tetrazole rings is 1. The fraction of sp³-hybridized carbons (Fsp3) is 0.562. The lowest BCUT2D eigenvalue weighted by atomic mass is 10.0. The quantitative estimate of drug-likeness (QED) is 0.869. The minimum atomic E-state index is 0.430. The van der Waals surface area contributed by atoms with Gasteiger partial charge in [-0.3, -0.25) is 4.90 Å². The molecule has 2 aromatic rings. The highest BCUT2D eigenvalue weighted by Crippen LogP contribution is 2.15. The van der Waals surface area contributed by atoms with E-state index in [9.17, 15) is 0 Å². The van der Waals surface area contributed by atoms with Crippen molar-refractivity contribution in [2.45, 2.75) is 19.9 Å². The second kappa shape index (κ2) is 7.52. The molecule has 0 saturated carbocycles. The number of nitrogens with one attached hydrogen (secondary N) is 1. The van der Waals surface area contributed by atoms with Crippen molar-refractivity contribution in [2.24, 2.45) is 5.92 Å². The number of aromatic nitrogens is 4. The molecule has 0 spiro atoms. The Morgan fingerprint density at radius 3 is 2.61 bits per heavy atom. The van der Waals surface area contributed by atoms with E-state index in [2.05, 4.69) is 39.6 Å². The van der Waals surface area contributed by atoms with Crippen LogP contribution in [0.4, 0.5) is 5.95 Å². The zero-order chi connectivity index (χ0) is 16.1. The maximum Gasteiger partial charge on any atom is 0.247 e. The molecule has 1 N–H and O–H groups in total. The monoisotopic (exact) mass is 316 g/mol. The molecule has 23 heavy (non-hydrogen) atoms. The molecular weight excluding hydrogens is 292 g/mol. The molecule has 0 radical (unpaired) electrons. The van der Waals surface area contributed by atoms with Gasteiger partial charge in [0.2, 0.25) is 5.95 Å². The van der Waals surface area contributed by atoms with E-state index in [1.54, 1.807) is 4.68 Å². The summed E-state index contributed by atoms with van der Waals surface area (Å²) in [5.41, 5.74) is 0.951. The highest BCUT2D eigenvalue weighted by atomic mass is 16.5. The number of rotatable bonds is 6. The number of ether oxygens (including phenoxy) is 1. The van der Waals surface area contributed by atoms with Gasteiger partial charge in [-0.25, -0.2) is 0 Å². The molecule has 1 saturated heterocycles. The van der Waals surface area contributed by atoms with Crippen molar-refractivity contribution in [1.82, 2.24) is 25.1 Å². The normalized spacial score (nSPS) is 17.3. The van der Waals surface area contributed by atoms with Gasteiger partial charge in [-0.15, -0.1) is 0 Å². The minimum absolute atomic E-state index is 0.430.